The van der Waals surface area contributed by atoms with Gasteiger partial charge in [-0.15, -0.1) is 0 Å². The summed E-state index contributed by atoms with van der Waals surface area (Å²) in [6, 6.07) is 66.8. The van der Waals surface area contributed by atoms with Crippen LogP contribution in [0.1, 0.15) is 36.4 Å². The average molecular weight is 890 g/mol. The topological polar surface area (TPSA) is 31.4 Å². The number of aromatic nitrogens is 1. The van der Waals surface area contributed by atoms with Gasteiger partial charge in [0.15, 0.2) is 0 Å². The number of pyridine rings is 1. The molecule has 0 saturated heterocycles. The summed E-state index contributed by atoms with van der Waals surface area (Å²) in [5.74, 6) is 0.104. The first kappa shape index (κ1) is 40.7. The van der Waals surface area contributed by atoms with E-state index in [1.807, 2.05) is 13.8 Å². The van der Waals surface area contributed by atoms with E-state index in [1.165, 1.54) is 37.4 Å². The van der Waals surface area contributed by atoms with Gasteiger partial charge in [-0.1, -0.05) is 109 Å². The first-order valence-corrected chi connectivity index (χ1v) is 22.3. The molecule has 2 heterocycles. The standard InChI is InChI=1S/C48H45NO2P2.2BrH/c1-37-47-44(34-50-48(2,3)51-47)45(35-52(38-22-10-4-11-23-38,39-24-12-5-13-25-39)40-26-14-6-15-27-40)46(49-37)36-53(41-28-16-7-17-29-41,42-30-18-8-19-31-42)43-32-20-9-21-33-43;;/h4-33H,34-36H2,1-3H3;2*1H/q+2;;/p-2. The number of ether oxygens (including phenoxy) is 2. The SMILES string of the molecule is Cc1nc(C[P+](c2ccccc2)(c2ccccc2)c2ccccc2)c(C[P+](c2ccccc2)(c2ccccc2)c2ccccc2)c2c1OC(C)(C)OC2.[Br-].[Br-]. The molecule has 0 unspecified atom stereocenters. The monoisotopic (exact) mass is 887 g/mol. The maximum atomic E-state index is 6.70. The third-order valence-corrected chi connectivity index (χ3v) is 19.1. The normalized spacial score (nSPS) is 13.4. The van der Waals surface area contributed by atoms with Crippen LogP contribution in [0.4, 0.5) is 0 Å². The largest absolute Gasteiger partial charge is 1.00 e. The van der Waals surface area contributed by atoms with Crippen molar-refractivity contribution in [3.05, 3.63) is 205 Å². The second-order valence-electron chi connectivity index (χ2n) is 14.2. The van der Waals surface area contributed by atoms with Gasteiger partial charge in [0.25, 0.3) is 0 Å². The second-order valence-corrected chi connectivity index (χ2v) is 21.1. The van der Waals surface area contributed by atoms with Crippen LogP contribution in [0.15, 0.2) is 182 Å². The third kappa shape index (κ3) is 7.89. The maximum Gasteiger partial charge on any atom is 0.205 e. The molecule has 0 radical (unpaired) electrons. The Kier molecular flexibility index (Phi) is 12.9. The fraction of sp³-hybridized carbons (Fsp3) is 0.146. The minimum atomic E-state index is -2.32. The Morgan fingerprint density at radius 2 is 0.800 bits per heavy atom. The fourth-order valence-corrected chi connectivity index (χ4v) is 16.5. The van der Waals surface area contributed by atoms with E-state index in [9.17, 15) is 0 Å². The first-order chi connectivity index (χ1) is 25.9. The molecule has 55 heavy (non-hydrogen) atoms. The van der Waals surface area contributed by atoms with Crippen LogP contribution in [0, 0.1) is 6.92 Å². The average Bonchev–Trinajstić information content (AvgIpc) is 3.22. The highest BCUT2D eigenvalue weighted by Gasteiger charge is 2.51. The van der Waals surface area contributed by atoms with Gasteiger partial charge >= 0.3 is 0 Å². The van der Waals surface area contributed by atoms with E-state index in [4.69, 9.17) is 14.5 Å². The molecule has 8 rings (SSSR count). The zero-order valence-electron chi connectivity index (χ0n) is 31.4. The Morgan fingerprint density at radius 3 is 1.13 bits per heavy atom. The maximum absolute atomic E-state index is 6.70. The molecule has 0 atom stereocenters. The number of aryl methyl sites for hydroxylation is 1. The van der Waals surface area contributed by atoms with Gasteiger partial charge in [-0.3, -0.25) is 0 Å². The highest BCUT2D eigenvalue weighted by Crippen LogP contribution is 2.62. The number of hydrogen-bond donors (Lipinski definition) is 0. The van der Waals surface area contributed by atoms with E-state index in [2.05, 4.69) is 189 Å². The van der Waals surface area contributed by atoms with E-state index in [0.29, 0.717) is 6.61 Å². The lowest BCUT2D eigenvalue weighted by Crippen LogP contribution is -3.00. The molecule has 1 aliphatic heterocycles. The molecule has 0 fully saturated rings. The van der Waals surface area contributed by atoms with E-state index in [-0.39, 0.29) is 34.0 Å². The van der Waals surface area contributed by atoms with Crippen molar-refractivity contribution in [3.8, 4) is 5.75 Å². The molecule has 3 nitrogen and oxygen atoms in total. The van der Waals surface area contributed by atoms with Crippen molar-refractivity contribution in [2.45, 2.75) is 45.5 Å². The molecule has 7 heteroatoms. The molecule has 1 aliphatic rings. The Labute approximate surface area is 348 Å². The van der Waals surface area contributed by atoms with Crippen LogP contribution in [0.25, 0.3) is 0 Å². The van der Waals surface area contributed by atoms with Gasteiger partial charge in [-0.2, -0.15) is 0 Å². The molecule has 1 aromatic heterocycles. The van der Waals surface area contributed by atoms with Crippen molar-refractivity contribution in [2.75, 3.05) is 0 Å². The lowest BCUT2D eigenvalue weighted by atomic mass is 10.0. The summed E-state index contributed by atoms with van der Waals surface area (Å²) in [5, 5.41) is 8.03. The van der Waals surface area contributed by atoms with Crippen LogP contribution in [-0.4, -0.2) is 10.8 Å². The molecule has 0 N–H and O–H groups in total. The van der Waals surface area contributed by atoms with Crippen LogP contribution in [0.3, 0.4) is 0 Å². The molecule has 6 aromatic carbocycles. The number of benzene rings is 6. The van der Waals surface area contributed by atoms with Crippen molar-refractivity contribution in [3.63, 3.8) is 0 Å². The minimum absolute atomic E-state index is 0. The van der Waals surface area contributed by atoms with Gasteiger partial charge in [-0.25, -0.2) is 4.98 Å². The van der Waals surface area contributed by atoms with Gasteiger partial charge in [0.05, 0.1) is 18.0 Å². The van der Waals surface area contributed by atoms with Crippen LogP contribution in [0.5, 0.6) is 5.75 Å². The highest BCUT2D eigenvalue weighted by molar-refractivity contribution is 7.95. The van der Waals surface area contributed by atoms with Gasteiger partial charge in [0.1, 0.15) is 64.4 Å². The molecule has 7 aromatic rings. The van der Waals surface area contributed by atoms with E-state index in [0.717, 1.165) is 35.0 Å². The molecule has 0 bridgehead atoms. The van der Waals surface area contributed by atoms with Gasteiger partial charge in [0.2, 0.25) is 5.79 Å². The minimum Gasteiger partial charge on any atom is -1.00 e. The molecular formula is C48H45Br2NO2P2. The summed E-state index contributed by atoms with van der Waals surface area (Å²) < 4.78 is 13.2. The van der Waals surface area contributed by atoms with Crippen molar-refractivity contribution in [2.24, 2.45) is 0 Å². The smallest absolute Gasteiger partial charge is 0.205 e. The van der Waals surface area contributed by atoms with Crippen LogP contribution < -0.4 is 70.5 Å². The van der Waals surface area contributed by atoms with Crippen LogP contribution >= 0.6 is 14.5 Å². The summed E-state index contributed by atoms with van der Waals surface area (Å²) in [6.07, 6.45) is 1.54. The Morgan fingerprint density at radius 1 is 0.491 bits per heavy atom. The Bertz CT molecular complexity index is 2100. The van der Waals surface area contributed by atoms with Gasteiger partial charge in [0, 0.05) is 25.0 Å². The zero-order chi connectivity index (χ0) is 36.3. The van der Waals surface area contributed by atoms with E-state index in [1.54, 1.807) is 0 Å². The molecule has 0 saturated carbocycles. The predicted octanol–water partition coefficient (Wildman–Crippen LogP) is 3.03. The summed E-state index contributed by atoms with van der Waals surface area (Å²) in [4.78, 5) is 5.64. The van der Waals surface area contributed by atoms with Crippen LogP contribution in [0.2, 0.25) is 0 Å². The third-order valence-electron chi connectivity index (χ3n) is 10.5. The first-order valence-electron chi connectivity index (χ1n) is 18.3. The van der Waals surface area contributed by atoms with Gasteiger partial charge in [-0.05, 0) is 79.7 Å². The molecule has 0 spiro atoms. The zero-order valence-corrected chi connectivity index (χ0v) is 36.3. The summed E-state index contributed by atoms with van der Waals surface area (Å²) in [7, 11) is -4.61. The molecule has 0 aliphatic carbocycles. The summed E-state index contributed by atoms with van der Waals surface area (Å²) in [5.41, 5.74) is 4.38. The van der Waals surface area contributed by atoms with Crippen LogP contribution in [-0.2, 0) is 23.7 Å². The summed E-state index contributed by atoms with van der Waals surface area (Å²) >= 11 is 0. The molecule has 0 amide bonds. The summed E-state index contributed by atoms with van der Waals surface area (Å²) in [6.45, 7) is 6.55. The quantitative estimate of drug-likeness (QED) is 0.198. The molecule has 278 valence electrons. The Hall–Kier alpha value is -3.95. The highest BCUT2D eigenvalue weighted by atomic mass is 79.9. The number of fused-ring (bicyclic) bond motifs is 1. The predicted molar refractivity (Wildman–Crippen MR) is 226 cm³/mol. The van der Waals surface area contributed by atoms with Crippen molar-refractivity contribution >= 4 is 46.4 Å². The molecular weight excluding hydrogens is 844 g/mol. The van der Waals surface area contributed by atoms with Crippen molar-refractivity contribution in [1.29, 1.82) is 0 Å². The lowest BCUT2D eigenvalue weighted by molar-refractivity contribution is -0.180. The fourth-order valence-electron chi connectivity index (χ4n) is 7.98. The number of nitrogens with zero attached hydrogens (tertiary/aromatic N) is 1. The lowest BCUT2D eigenvalue weighted by Gasteiger charge is -2.36. The van der Waals surface area contributed by atoms with E-state index < -0.39 is 20.3 Å². The van der Waals surface area contributed by atoms with Gasteiger partial charge < -0.3 is 43.4 Å². The number of rotatable bonds is 10. The van der Waals surface area contributed by atoms with Crippen molar-refractivity contribution in [1.82, 2.24) is 4.98 Å². The second kappa shape index (κ2) is 17.5. The van der Waals surface area contributed by atoms with E-state index >= 15 is 0 Å². The number of halogens is 2. The number of hydrogen-bond acceptors (Lipinski definition) is 3. The Balaban J connectivity index is 0.00000257. The van der Waals surface area contributed by atoms with Crippen molar-refractivity contribution < 1.29 is 43.4 Å².